The van der Waals surface area contributed by atoms with Crippen LogP contribution in [0.2, 0.25) is 10.0 Å². The summed E-state index contributed by atoms with van der Waals surface area (Å²) in [6.07, 6.45) is 7.37. The lowest BCUT2D eigenvalue weighted by Crippen LogP contribution is -2.11. The van der Waals surface area contributed by atoms with Crippen molar-refractivity contribution >= 4 is 28.9 Å². The highest BCUT2D eigenvalue weighted by atomic mass is 35.5. The van der Waals surface area contributed by atoms with Crippen LogP contribution >= 0.6 is 23.2 Å². The molecule has 4 nitrogen and oxygen atoms in total. The molecule has 0 bridgehead atoms. The summed E-state index contributed by atoms with van der Waals surface area (Å²) in [6, 6.07) is 3.58. The first-order valence-corrected chi connectivity index (χ1v) is 7.61. The van der Waals surface area contributed by atoms with Gasteiger partial charge in [-0.1, -0.05) is 46.3 Å². The van der Waals surface area contributed by atoms with E-state index in [9.17, 15) is 5.21 Å². The van der Waals surface area contributed by atoms with Crippen molar-refractivity contribution in [1.29, 1.82) is 0 Å². The van der Waals surface area contributed by atoms with Crippen LogP contribution in [0.15, 0.2) is 36.0 Å². The SMILES string of the molecule is O/N=C(\Cn1ccnc1)c1ccc(C#CC2CC2)c(Cl)c1Cl. The number of hydrogen-bond acceptors (Lipinski definition) is 3. The van der Waals surface area contributed by atoms with Gasteiger partial charge in [-0.2, -0.15) is 0 Å². The average molecular weight is 334 g/mol. The zero-order valence-electron chi connectivity index (χ0n) is 11.6. The van der Waals surface area contributed by atoms with Gasteiger partial charge in [-0.3, -0.25) is 0 Å². The average Bonchev–Trinajstić information content (AvgIpc) is 3.21. The molecule has 0 saturated heterocycles. The number of nitrogens with zero attached hydrogens (tertiary/aromatic N) is 3. The molecule has 0 radical (unpaired) electrons. The predicted molar refractivity (Wildman–Crippen MR) is 86.6 cm³/mol. The first-order valence-electron chi connectivity index (χ1n) is 6.85. The van der Waals surface area contributed by atoms with Gasteiger partial charge in [-0.05, 0) is 18.9 Å². The highest BCUT2D eigenvalue weighted by Crippen LogP contribution is 2.31. The molecule has 2 aromatic rings. The molecule has 0 aliphatic heterocycles. The van der Waals surface area contributed by atoms with Gasteiger partial charge in [0.15, 0.2) is 0 Å². The lowest BCUT2D eigenvalue weighted by Gasteiger charge is -2.10. The highest BCUT2D eigenvalue weighted by Gasteiger charge is 2.18. The van der Waals surface area contributed by atoms with Crippen LogP contribution in [0, 0.1) is 17.8 Å². The maximum Gasteiger partial charge on any atom is 0.108 e. The molecule has 1 aromatic carbocycles. The highest BCUT2D eigenvalue weighted by molar-refractivity contribution is 6.44. The van der Waals surface area contributed by atoms with Crippen molar-refractivity contribution in [2.24, 2.45) is 11.1 Å². The van der Waals surface area contributed by atoms with Crippen LogP contribution < -0.4 is 0 Å². The second-order valence-electron chi connectivity index (χ2n) is 5.11. The summed E-state index contributed by atoms with van der Waals surface area (Å²) in [7, 11) is 0. The van der Waals surface area contributed by atoms with E-state index in [-0.39, 0.29) is 0 Å². The first kappa shape index (κ1) is 15.0. The fourth-order valence-corrected chi connectivity index (χ4v) is 2.49. The van der Waals surface area contributed by atoms with Crippen LogP contribution in [0.1, 0.15) is 24.0 Å². The smallest absolute Gasteiger partial charge is 0.108 e. The van der Waals surface area contributed by atoms with Gasteiger partial charge in [0, 0.05) is 29.4 Å². The molecule has 1 N–H and O–H groups in total. The van der Waals surface area contributed by atoms with Gasteiger partial charge in [0.1, 0.15) is 5.71 Å². The van der Waals surface area contributed by atoms with E-state index in [1.807, 2.05) is 0 Å². The van der Waals surface area contributed by atoms with Crippen LogP contribution in [0.5, 0.6) is 0 Å². The maximum atomic E-state index is 9.27. The Balaban J connectivity index is 1.90. The van der Waals surface area contributed by atoms with Gasteiger partial charge >= 0.3 is 0 Å². The molecular weight excluding hydrogens is 321 g/mol. The fraction of sp³-hybridized carbons (Fsp3) is 0.250. The van der Waals surface area contributed by atoms with Crippen molar-refractivity contribution in [3.63, 3.8) is 0 Å². The van der Waals surface area contributed by atoms with Crippen molar-refractivity contribution in [2.75, 3.05) is 0 Å². The van der Waals surface area contributed by atoms with Crippen LogP contribution in [-0.2, 0) is 6.54 Å². The Morgan fingerprint density at radius 2 is 2.18 bits per heavy atom. The Labute approximate surface area is 138 Å². The lowest BCUT2D eigenvalue weighted by molar-refractivity contribution is 0.317. The second-order valence-corrected chi connectivity index (χ2v) is 5.87. The van der Waals surface area contributed by atoms with E-state index in [0.29, 0.717) is 39.3 Å². The summed E-state index contributed by atoms with van der Waals surface area (Å²) in [5.41, 5.74) is 1.69. The molecule has 0 amide bonds. The van der Waals surface area contributed by atoms with Crippen molar-refractivity contribution in [2.45, 2.75) is 19.4 Å². The number of benzene rings is 1. The summed E-state index contributed by atoms with van der Waals surface area (Å²) in [5, 5.41) is 13.3. The summed E-state index contributed by atoms with van der Waals surface area (Å²) < 4.78 is 1.78. The topological polar surface area (TPSA) is 50.4 Å². The van der Waals surface area contributed by atoms with E-state index in [0.717, 1.165) is 12.8 Å². The van der Waals surface area contributed by atoms with Gasteiger partial charge in [-0.25, -0.2) is 4.98 Å². The van der Waals surface area contributed by atoms with Crippen molar-refractivity contribution in [1.82, 2.24) is 9.55 Å². The third-order valence-electron chi connectivity index (χ3n) is 3.39. The van der Waals surface area contributed by atoms with E-state index in [2.05, 4.69) is 22.0 Å². The molecule has 1 aromatic heterocycles. The van der Waals surface area contributed by atoms with Gasteiger partial charge in [0.05, 0.1) is 22.9 Å². The number of aromatic nitrogens is 2. The molecule has 6 heteroatoms. The Bertz CT molecular complexity index is 769. The van der Waals surface area contributed by atoms with Crippen LogP contribution in [0.4, 0.5) is 0 Å². The molecule has 0 atom stereocenters. The number of imidazole rings is 1. The lowest BCUT2D eigenvalue weighted by atomic mass is 10.1. The second kappa shape index (κ2) is 6.43. The molecule has 0 unspecified atom stereocenters. The van der Waals surface area contributed by atoms with E-state index >= 15 is 0 Å². The molecule has 3 rings (SSSR count). The van der Waals surface area contributed by atoms with E-state index in [1.165, 1.54) is 0 Å². The van der Waals surface area contributed by atoms with Crippen molar-refractivity contribution in [3.05, 3.63) is 52.0 Å². The molecule has 112 valence electrons. The molecule has 1 heterocycles. The summed E-state index contributed by atoms with van der Waals surface area (Å²) in [6.45, 7) is 0.347. The van der Waals surface area contributed by atoms with Gasteiger partial charge in [0.2, 0.25) is 0 Å². The monoisotopic (exact) mass is 333 g/mol. The number of hydrogen-bond donors (Lipinski definition) is 1. The number of oxime groups is 1. The van der Waals surface area contributed by atoms with E-state index < -0.39 is 0 Å². The molecule has 1 aliphatic rings. The zero-order chi connectivity index (χ0) is 15.5. The summed E-state index contributed by atoms with van der Waals surface area (Å²) >= 11 is 12.6. The normalized spacial score (nSPS) is 14.5. The minimum absolute atomic E-state index is 0.345. The van der Waals surface area contributed by atoms with Crippen LogP contribution in [0.3, 0.4) is 0 Å². The molecular formula is C16H13Cl2N3O. The van der Waals surface area contributed by atoms with E-state index in [4.69, 9.17) is 23.2 Å². The summed E-state index contributed by atoms with van der Waals surface area (Å²) in [4.78, 5) is 3.95. The Kier molecular flexibility index (Phi) is 4.37. The van der Waals surface area contributed by atoms with Crippen molar-refractivity contribution < 1.29 is 5.21 Å². The maximum absolute atomic E-state index is 9.27. The van der Waals surface area contributed by atoms with E-state index in [1.54, 1.807) is 35.4 Å². The number of rotatable bonds is 3. The Hall–Kier alpha value is -1.96. The minimum Gasteiger partial charge on any atom is -0.411 e. The third-order valence-corrected chi connectivity index (χ3v) is 4.28. The standard InChI is InChI=1S/C16H13Cl2N3O/c17-15-12(4-3-11-1-2-11)5-6-13(16(15)18)14(20-22)9-21-8-7-19-10-21/h5-8,10-11,22H,1-2,9H2/b20-14+. The number of halogens is 2. The zero-order valence-corrected chi connectivity index (χ0v) is 13.1. The van der Waals surface area contributed by atoms with Gasteiger partial charge in [-0.15, -0.1) is 0 Å². The van der Waals surface area contributed by atoms with Gasteiger partial charge < -0.3 is 9.77 Å². The van der Waals surface area contributed by atoms with Crippen molar-refractivity contribution in [3.8, 4) is 11.8 Å². The molecule has 0 spiro atoms. The predicted octanol–water partition coefficient (Wildman–Crippen LogP) is 3.83. The van der Waals surface area contributed by atoms with Crippen LogP contribution in [0.25, 0.3) is 0 Å². The fourth-order valence-electron chi connectivity index (χ4n) is 2.00. The minimum atomic E-state index is 0.345. The first-order chi connectivity index (χ1) is 10.7. The summed E-state index contributed by atoms with van der Waals surface area (Å²) in [5.74, 6) is 6.71. The van der Waals surface area contributed by atoms with Gasteiger partial charge in [0.25, 0.3) is 0 Å². The molecule has 1 aliphatic carbocycles. The molecule has 22 heavy (non-hydrogen) atoms. The molecule has 1 fully saturated rings. The Morgan fingerprint density at radius 3 is 2.82 bits per heavy atom. The Morgan fingerprint density at radius 1 is 1.36 bits per heavy atom. The quantitative estimate of drug-likeness (QED) is 0.401. The largest absolute Gasteiger partial charge is 0.411 e. The molecule has 1 saturated carbocycles. The van der Waals surface area contributed by atoms with Crippen LogP contribution in [-0.4, -0.2) is 20.5 Å². The third kappa shape index (κ3) is 3.27.